The molecule has 0 saturated carbocycles. The van der Waals surface area contributed by atoms with Crippen LogP contribution in [0.5, 0.6) is 0 Å². The molecule has 0 atom stereocenters. The number of rotatable bonds is 2. The molecular formula is C8H9N4NaO3S2. The third-order valence-corrected chi connectivity index (χ3v) is 3.46. The molecule has 0 saturated heterocycles. The molecule has 2 rings (SSSR count). The molecule has 0 amide bonds. The topological polar surface area (TPSA) is 98.0 Å². The van der Waals surface area contributed by atoms with Crippen LogP contribution < -0.4 is 0 Å². The third-order valence-electron chi connectivity index (χ3n) is 2.13. The molecule has 0 aliphatic heterocycles. The van der Waals surface area contributed by atoms with E-state index in [0.717, 1.165) is 4.68 Å². The van der Waals surface area contributed by atoms with E-state index in [0.29, 0.717) is 5.56 Å². The van der Waals surface area contributed by atoms with E-state index in [1.54, 1.807) is 19.1 Å². The maximum atomic E-state index is 11.3. The van der Waals surface area contributed by atoms with Crippen LogP contribution in [-0.4, -0.2) is 62.7 Å². The summed E-state index contributed by atoms with van der Waals surface area (Å²) in [6.45, 7) is 1.56. The average Bonchev–Trinajstić information content (AvgIpc) is 2.62. The van der Waals surface area contributed by atoms with Gasteiger partial charge in [-0.2, -0.15) is 13.1 Å². The molecular weight excluding hydrogens is 287 g/mol. The second-order valence-corrected chi connectivity index (χ2v) is 5.05. The Balaban J connectivity index is 0.00000162. The van der Waals surface area contributed by atoms with Crippen molar-refractivity contribution in [2.45, 2.75) is 17.0 Å². The van der Waals surface area contributed by atoms with Crippen molar-refractivity contribution in [1.29, 1.82) is 0 Å². The average molecular weight is 296 g/mol. The summed E-state index contributed by atoms with van der Waals surface area (Å²) in [6.07, 6.45) is 0. The monoisotopic (exact) mass is 296 g/mol. The molecule has 1 N–H and O–H groups in total. The van der Waals surface area contributed by atoms with E-state index < -0.39 is 10.1 Å². The molecule has 0 bridgehead atoms. The molecule has 92 valence electrons. The Morgan fingerprint density at radius 1 is 1.39 bits per heavy atom. The van der Waals surface area contributed by atoms with Crippen molar-refractivity contribution < 1.29 is 13.0 Å². The van der Waals surface area contributed by atoms with Gasteiger partial charge in [-0.05, 0) is 29.0 Å². The van der Waals surface area contributed by atoms with E-state index in [9.17, 15) is 13.0 Å². The summed E-state index contributed by atoms with van der Waals surface area (Å²) in [4.78, 5) is -0.234. The minimum atomic E-state index is -4.36. The molecule has 7 nitrogen and oxygen atoms in total. The molecule has 1 aromatic heterocycles. The second kappa shape index (κ2) is 5.68. The number of nitrogens with zero attached hydrogens (tertiary/aromatic N) is 4. The van der Waals surface area contributed by atoms with Gasteiger partial charge in [0.25, 0.3) is 10.1 Å². The van der Waals surface area contributed by atoms with E-state index in [2.05, 4.69) is 28.2 Å². The fraction of sp³-hybridized carbons (Fsp3) is 0.125. The molecule has 1 heterocycles. The van der Waals surface area contributed by atoms with Crippen LogP contribution in [0, 0.1) is 6.92 Å². The van der Waals surface area contributed by atoms with Gasteiger partial charge in [-0.1, -0.05) is 12.1 Å². The molecule has 18 heavy (non-hydrogen) atoms. The summed E-state index contributed by atoms with van der Waals surface area (Å²) in [7, 11) is -4.36. The van der Waals surface area contributed by atoms with Crippen LogP contribution in [0.2, 0.25) is 0 Å². The van der Waals surface area contributed by atoms with Crippen molar-refractivity contribution in [2.75, 3.05) is 0 Å². The standard InChI is InChI=1S/C8H8N4O3S2.Na.H/c1-5-3-2-4-6(7(5)17(13,14)15)12-8(16)9-10-11-12;;/h2-4H,1H3,(H,9,11,16)(H,13,14,15);;. The first-order valence-corrected chi connectivity index (χ1v) is 6.35. The summed E-state index contributed by atoms with van der Waals surface area (Å²) < 4.78 is 33.0. The number of hydrogen-bond acceptors (Lipinski definition) is 6. The van der Waals surface area contributed by atoms with Crippen LogP contribution in [0.4, 0.5) is 0 Å². The number of benzene rings is 1. The molecule has 0 radical (unpaired) electrons. The van der Waals surface area contributed by atoms with Crippen LogP contribution >= 0.6 is 12.6 Å². The molecule has 2 aromatic rings. The Morgan fingerprint density at radius 2 is 2.06 bits per heavy atom. The van der Waals surface area contributed by atoms with Gasteiger partial charge < -0.3 is 0 Å². The Labute approximate surface area is 131 Å². The molecule has 0 fully saturated rings. The first-order valence-electron chi connectivity index (χ1n) is 4.46. The van der Waals surface area contributed by atoms with Gasteiger partial charge in [0, 0.05) is 0 Å². The predicted octanol–water partition coefficient (Wildman–Crippen LogP) is -0.142. The van der Waals surface area contributed by atoms with Crippen LogP contribution in [0.15, 0.2) is 28.3 Å². The van der Waals surface area contributed by atoms with E-state index in [-0.39, 0.29) is 45.3 Å². The van der Waals surface area contributed by atoms with Crippen molar-refractivity contribution in [1.82, 2.24) is 20.2 Å². The van der Waals surface area contributed by atoms with Gasteiger partial charge in [0.1, 0.15) is 4.90 Å². The SMILES string of the molecule is Cc1cccc(-n2nnnc2S)c1S(=O)(=O)O.[NaH]. The van der Waals surface area contributed by atoms with Crippen LogP contribution in [-0.2, 0) is 10.1 Å². The van der Waals surface area contributed by atoms with Crippen molar-refractivity contribution >= 4 is 52.3 Å². The summed E-state index contributed by atoms with van der Waals surface area (Å²) in [5.41, 5.74) is 0.552. The van der Waals surface area contributed by atoms with Gasteiger partial charge in [0.05, 0.1) is 5.69 Å². The molecule has 0 spiro atoms. The van der Waals surface area contributed by atoms with Crippen LogP contribution in [0.25, 0.3) is 5.69 Å². The van der Waals surface area contributed by atoms with E-state index in [4.69, 9.17) is 0 Å². The first kappa shape index (κ1) is 15.6. The van der Waals surface area contributed by atoms with Crippen molar-refractivity contribution in [3.05, 3.63) is 23.8 Å². The van der Waals surface area contributed by atoms with Gasteiger partial charge in [-0.3, -0.25) is 4.55 Å². The van der Waals surface area contributed by atoms with Crippen LogP contribution in [0.1, 0.15) is 5.56 Å². The normalized spacial score (nSPS) is 11.1. The Hall–Kier alpha value is -0.450. The number of tetrazole rings is 1. The fourth-order valence-corrected chi connectivity index (χ4v) is 2.56. The predicted molar refractivity (Wildman–Crippen MR) is 68.1 cm³/mol. The molecule has 0 aliphatic rings. The first-order chi connectivity index (χ1) is 7.91. The van der Waals surface area contributed by atoms with Gasteiger partial charge >= 0.3 is 29.6 Å². The van der Waals surface area contributed by atoms with Gasteiger partial charge in [0.15, 0.2) is 0 Å². The van der Waals surface area contributed by atoms with Gasteiger partial charge in [0.2, 0.25) is 5.16 Å². The number of aryl methyl sites for hydroxylation is 1. The van der Waals surface area contributed by atoms with Crippen LogP contribution in [0.3, 0.4) is 0 Å². The Bertz CT molecular complexity index is 671. The fourth-order valence-electron chi connectivity index (χ4n) is 1.48. The van der Waals surface area contributed by atoms with Crippen molar-refractivity contribution in [3.63, 3.8) is 0 Å². The van der Waals surface area contributed by atoms with E-state index in [1.165, 1.54) is 6.07 Å². The molecule has 0 unspecified atom stereocenters. The van der Waals surface area contributed by atoms with Gasteiger partial charge in [-0.25, -0.2) is 0 Å². The van der Waals surface area contributed by atoms with E-state index in [1.807, 2.05) is 0 Å². The zero-order valence-electron chi connectivity index (χ0n) is 8.64. The summed E-state index contributed by atoms with van der Waals surface area (Å²) >= 11 is 3.99. The quantitative estimate of drug-likeness (QED) is 0.455. The third kappa shape index (κ3) is 2.92. The molecule has 10 heteroatoms. The molecule has 0 aliphatic carbocycles. The number of thiol groups is 1. The number of aromatic nitrogens is 4. The minimum absolute atomic E-state index is 0. The van der Waals surface area contributed by atoms with Crippen molar-refractivity contribution in [2.24, 2.45) is 0 Å². The maximum absolute atomic E-state index is 11.3. The second-order valence-electron chi connectivity index (χ2n) is 3.29. The molecule has 1 aromatic carbocycles. The Morgan fingerprint density at radius 3 is 2.56 bits per heavy atom. The zero-order valence-corrected chi connectivity index (χ0v) is 10.4. The summed E-state index contributed by atoms with van der Waals surface area (Å²) in [5.74, 6) is 0. The summed E-state index contributed by atoms with van der Waals surface area (Å²) in [6, 6.07) is 4.68. The summed E-state index contributed by atoms with van der Waals surface area (Å²) in [5, 5.41) is 10.6. The zero-order chi connectivity index (χ0) is 12.6. The van der Waals surface area contributed by atoms with Gasteiger partial charge in [-0.15, -0.1) is 17.7 Å². The number of hydrogen-bond donors (Lipinski definition) is 2. The van der Waals surface area contributed by atoms with Crippen molar-refractivity contribution in [3.8, 4) is 5.69 Å². The Kier molecular flexibility index (Phi) is 4.92. The van der Waals surface area contributed by atoms with E-state index >= 15 is 0 Å².